The summed E-state index contributed by atoms with van der Waals surface area (Å²) in [7, 11) is 0. The second-order valence-corrected chi connectivity index (χ2v) is 5.03. The van der Waals surface area contributed by atoms with E-state index in [0.717, 1.165) is 9.92 Å². The van der Waals surface area contributed by atoms with Crippen molar-refractivity contribution in [1.29, 1.82) is 5.26 Å². The first kappa shape index (κ1) is 12.0. The van der Waals surface area contributed by atoms with Gasteiger partial charge in [-0.25, -0.2) is 4.98 Å². The van der Waals surface area contributed by atoms with Crippen molar-refractivity contribution in [2.75, 3.05) is 0 Å². The molecule has 2 nitrogen and oxygen atoms in total. The van der Waals surface area contributed by atoms with Gasteiger partial charge in [-0.05, 0) is 31.2 Å². The molecule has 2 rings (SSSR count). The minimum atomic E-state index is 0.346. The lowest BCUT2D eigenvalue weighted by Crippen LogP contribution is -1.84. The zero-order valence-electron chi connectivity index (χ0n) is 9.14. The molecule has 1 aromatic carbocycles. The first-order valence-corrected chi connectivity index (χ1v) is 6.19. The van der Waals surface area contributed by atoms with Gasteiger partial charge in [-0.1, -0.05) is 41.1 Å². The van der Waals surface area contributed by atoms with Crippen LogP contribution in [0.1, 0.15) is 11.1 Å². The summed E-state index contributed by atoms with van der Waals surface area (Å²) < 4.78 is 0. The van der Waals surface area contributed by atoms with Gasteiger partial charge in [0.15, 0.2) is 0 Å². The zero-order chi connectivity index (χ0) is 12.3. The molecule has 17 heavy (non-hydrogen) atoms. The van der Waals surface area contributed by atoms with E-state index in [4.69, 9.17) is 16.9 Å². The van der Waals surface area contributed by atoms with E-state index in [1.165, 1.54) is 17.3 Å². The molecule has 2 aromatic rings. The van der Waals surface area contributed by atoms with Crippen LogP contribution in [0.3, 0.4) is 0 Å². The van der Waals surface area contributed by atoms with Crippen molar-refractivity contribution in [3.05, 3.63) is 52.7 Å². The third-order valence-corrected chi connectivity index (χ3v) is 3.21. The topological polar surface area (TPSA) is 36.7 Å². The summed E-state index contributed by atoms with van der Waals surface area (Å²) in [6.45, 7) is 2.04. The average Bonchev–Trinajstić information content (AvgIpc) is 2.28. The van der Waals surface area contributed by atoms with Crippen molar-refractivity contribution < 1.29 is 0 Å². The number of rotatable bonds is 2. The molecule has 0 aliphatic carbocycles. The highest BCUT2D eigenvalue weighted by Gasteiger charge is 2.03. The maximum atomic E-state index is 8.85. The molecule has 0 amide bonds. The Kier molecular flexibility index (Phi) is 3.68. The average molecular weight is 261 g/mol. The fraction of sp³-hybridized carbons (Fsp3) is 0.0769. The molecule has 0 N–H and O–H groups in total. The molecule has 4 heteroatoms. The number of hydrogen-bond acceptors (Lipinski definition) is 3. The van der Waals surface area contributed by atoms with Crippen LogP contribution in [0.25, 0.3) is 0 Å². The Morgan fingerprint density at radius 2 is 2.12 bits per heavy atom. The number of pyridine rings is 1. The molecule has 0 saturated carbocycles. The van der Waals surface area contributed by atoms with Crippen LogP contribution in [-0.4, -0.2) is 4.98 Å². The smallest absolute Gasteiger partial charge is 0.131 e. The van der Waals surface area contributed by atoms with Crippen molar-refractivity contribution in [3.8, 4) is 6.07 Å². The molecule has 84 valence electrons. The van der Waals surface area contributed by atoms with Crippen molar-refractivity contribution in [2.24, 2.45) is 0 Å². The molecule has 0 fully saturated rings. The van der Waals surface area contributed by atoms with E-state index >= 15 is 0 Å². The molecule has 0 unspecified atom stereocenters. The number of aryl methyl sites for hydroxylation is 1. The van der Waals surface area contributed by atoms with Crippen LogP contribution in [0.2, 0.25) is 5.15 Å². The first-order chi connectivity index (χ1) is 8.17. The maximum absolute atomic E-state index is 8.85. The Morgan fingerprint density at radius 3 is 2.82 bits per heavy atom. The van der Waals surface area contributed by atoms with Gasteiger partial charge < -0.3 is 0 Å². The lowest BCUT2D eigenvalue weighted by atomic mass is 10.2. The van der Waals surface area contributed by atoms with Gasteiger partial charge in [-0.2, -0.15) is 5.26 Å². The third-order valence-electron chi connectivity index (χ3n) is 2.11. The summed E-state index contributed by atoms with van der Waals surface area (Å²) in [5.41, 5.74) is 1.72. The lowest BCUT2D eigenvalue weighted by molar-refractivity contribution is 1.12. The minimum Gasteiger partial charge on any atom is -0.229 e. The van der Waals surface area contributed by atoms with Crippen molar-refractivity contribution in [2.45, 2.75) is 16.8 Å². The van der Waals surface area contributed by atoms with E-state index in [1.54, 1.807) is 12.1 Å². The Hall–Kier alpha value is -1.50. The van der Waals surface area contributed by atoms with Gasteiger partial charge in [-0.3, -0.25) is 0 Å². The van der Waals surface area contributed by atoms with E-state index < -0.39 is 0 Å². The van der Waals surface area contributed by atoms with E-state index in [9.17, 15) is 0 Å². The molecule has 0 aliphatic heterocycles. The Morgan fingerprint density at radius 1 is 1.29 bits per heavy atom. The van der Waals surface area contributed by atoms with Gasteiger partial charge in [0.05, 0.1) is 11.6 Å². The van der Waals surface area contributed by atoms with E-state index in [2.05, 4.69) is 17.1 Å². The number of nitriles is 1. The molecule has 1 heterocycles. The second kappa shape index (κ2) is 5.22. The number of nitrogens with zero attached hydrogens (tertiary/aromatic N) is 2. The summed E-state index contributed by atoms with van der Waals surface area (Å²) in [5, 5.41) is 9.93. The molecule has 0 aliphatic rings. The SMILES string of the molecule is Cc1cccc(Sc2cc(C#N)cc(Cl)n2)c1. The monoisotopic (exact) mass is 260 g/mol. The predicted molar refractivity (Wildman–Crippen MR) is 69.3 cm³/mol. The van der Waals surface area contributed by atoms with Crippen LogP contribution in [0.5, 0.6) is 0 Å². The lowest BCUT2D eigenvalue weighted by Gasteiger charge is -2.03. The molecule has 0 spiro atoms. The number of hydrogen-bond donors (Lipinski definition) is 0. The molecule has 0 bridgehead atoms. The fourth-order valence-corrected chi connectivity index (χ4v) is 2.61. The van der Waals surface area contributed by atoms with Crippen molar-refractivity contribution in [3.63, 3.8) is 0 Å². The van der Waals surface area contributed by atoms with Crippen LogP contribution >= 0.6 is 23.4 Å². The molecular weight excluding hydrogens is 252 g/mol. The van der Waals surface area contributed by atoms with Crippen LogP contribution in [0.4, 0.5) is 0 Å². The largest absolute Gasteiger partial charge is 0.229 e. The quantitative estimate of drug-likeness (QED) is 0.764. The van der Waals surface area contributed by atoms with Gasteiger partial charge in [0, 0.05) is 4.90 Å². The predicted octanol–water partition coefficient (Wildman–Crippen LogP) is 4.07. The van der Waals surface area contributed by atoms with E-state index in [-0.39, 0.29) is 0 Å². The second-order valence-electron chi connectivity index (χ2n) is 3.55. The number of benzene rings is 1. The van der Waals surface area contributed by atoms with Crippen LogP contribution in [0.15, 0.2) is 46.3 Å². The normalized spacial score (nSPS) is 9.94. The highest BCUT2D eigenvalue weighted by atomic mass is 35.5. The van der Waals surface area contributed by atoms with E-state index in [1.807, 2.05) is 25.1 Å². The number of halogens is 1. The highest BCUT2D eigenvalue weighted by molar-refractivity contribution is 7.99. The van der Waals surface area contributed by atoms with Gasteiger partial charge in [0.2, 0.25) is 0 Å². The first-order valence-electron chi connectivity index (χ1n) is 4.99. The minimum absolute atomic E-state index is 0.346. The molecular formula is C13H9ClN2S. The van der Waals surface area contributed by atoms with Crippen molar-refractivity contribution in [1.82, 2.24) is 4.98 Å². The Bertz CT molecular complexity index is 590. The molecule has 0 saturated heterocycles. The number of aromatic nitrogens is 1. The van der Waals surface area contributed by atoms with Crippen LogP contribution in [0, 0.1) is 18.3 Å². The molecule has 0 atom stereocenters. The Balaban J connectivity index is 2.30. The van der Waals surface area contributed by atoms with Gasteiger partial charge >= 0.3 is 0 Å². The molecule has 1 aromatic heterocycles. The maximum Gasteiger partial charge on any atom is 0.131 e. The summed E-state index contributed by atoms with van der Waals surface area (Å²) in [6.07, 6.45) is 0. The van der Waals surface area contributed by atoms with Gasteiger partial charge in [0.25, 0.3) is 0 Å². The summed E-state index contributed by atoms with van der Waals surface area (Å²) in [4.78, 5) is 5.27. The standard InChI is InChI=1S/C13H9ClN2S/c1-9-3-2-4-11(5-9)17-13-7-10(8-15)6-12(14)16-13/h2-7H,1H3. The summed E-state index contributed by atoms with van der Waals surface area (Å²) >= 11 is 7.35. The van der Waals surface area contributed by atoms with E-state index in [0.29, 0.717) is 10.7 Å². The molecule has 0 radical (unpaired) electrons. The van der Waals surface area contributed by atoms with Gasteiger partial charge in [0.1, 0.15) is 10.2 Å². The zero-order valence-corrected chi connectivity index (χ0v) is 10.7. The van der Waals surface area contributed by atoms with Crippen LogP contribution in [-0.2, 0) is 0 Å². The summed E-state index contributed by atoms with van der Waals surface area (Å²) in [6, 6.07) is 13.5. The van der Waals surface area contributed by atoms with Gasteiger partial charge in [-0.15, -0.1) is 0 Å². The highest BCUT2D eigenvalue weighted by Crippen LogP contribution is 2.28. The van der Waals surface area contributed by atoms with Crippen LogP contribution < -0.4 is 0 Å². The third kappa shape index (κ3) is 3.23. The summed E-state index contributed by atoms with van der Waals surface area (Å²) in [5.74, 6) is 0. The van der Waals surface area contributed by atoms with Crippen molar-refractivity contribution >= 4 is 23.4 Å². The Labute approximate surface area is 109 Å². The fourth-order valence-electron chi connectivity index (χ4n) is 1.39.